The van der Waals surface area contributed by atoms with E-state index in [0.29, 0.717) is 5.56 Å². The molecule has 0 saturated carbocycles. The molecule has 2 rings (SSSR count). The maximum Gasteiger partial charge on any atom is 0.308 e. The van der Waals surface area contributed by atoms with Crippen LogP contribution in [0.4, 0.5) is 11.6 Å². The quantitative estimate of drug-likeness (QED) is 0.720. The number of para-hydroxylation sites is 1. The van der Waals surface area contributed by atoms with Crippen LogP contribution in [0.25, 0.3) is 5.69 Å². The smallest absolute Gasteiger partial charge is 0.308 e. The summed E-state index contributed by atoms with van der Waals surface area (Å²) in [6.07, 6.45) is -0.232. The third kappa shape index (κ3) is 2.05. The minimum absolute atomic E-state index is 0.147. The largest absolute Gasteiger partial charge is 0.481 e. The molecule has 0 aliphatic heterocycles. The summed E-state index contributed by atoms with van der Waals surface area (Å²) in [5.74, 6) is -0.583. The highest BCUT2D eigenvalue weighted by Crippen LogP contribution is 2.23. The molecule has 17 heavy (non-hydrogen) atoms. The lowest BCUT2D eigenvalue weighted by Gasteiger charge is -2.03. The van der Waals surface area contributed by atoms with Crippen molar-refractivity contribution in [3.63, 3.8) is 0 Å². The van der Waals surface area contributed by atoms with Crippen LogP contribution < -0.4 is 11.5 Å². The predicted molar refractivity (Wildman–Crippen MR) is 63.7 cm³/mol. The minimum atomic E-state index is -0.990. The number of nitrogens with zero attached hydrogens (tertiary/aromatic N) is 2. The molecule has 5 N–H and O–H groups in total. The second-order valence-electron chi connectivity index (χ2n) is 3.57. The highest BCUT2D eigenvalue weighted by atomic mass is 16.4. The van der Waals surface area contributed by atoms with Gasteiger partial charge >= 0.3 is 5.97 Å². The van der Waals surface area contributed by atoms with Crippen LogP contribution in [0.5, 0.6) is 0 Å². The van der Waals surface area contributed by atoms with Gasteiger partial charge in [-0.2, -0.15) is 0 Å². The molecule has 0 amide bonds. The Bertz CT molecular complexity index is 548. The first-order valence-corrected chi connectivity index (χ1v) is 4.99. The zero-order chi connectivity index (χ0) is 12.4. The van der Waals surface area contributed by atoms with Crippen LogP contribution in [0.3, 0.4) is 0 Å². The topological polar surface area (TPSA) is 107 Å². The Morgan fingerprint density at radius 3 is 2.53 bits per heavy atom. The Morgan fingerprint density at radius 1 is 1.29 bits per heavy atom. The van der Waals surface area contributed by atoms with E-state index in [4.69, 9.17) is 16.6 Å². The molecule has 0 radical (unpaired) electrons. The number of anilines is 2. The molecule has 0 fully saturated rings. The van der Waals surface area contributed by atoms with E-state index in [-0.39, 0.29) is 18.1 Å². The van der Waals surface area contributed by atoms with Gasteiger partial charge in [-0.25, -0.2) is 4.68 Å². The molecule has 0 saturated heterocycles. The molecule has 1 aromatic heterocycles. The number of carboxylic acid groups (broad SMARTS) is 1. The van der Waals surface area contributed by atoms with Gasteiger partial charge in [0.1, 0.15) is 5.82 Å². The van der Waals surface area contributed by atoms with Crippen LogP contribution in [0.2, 0.25) is 0 Å². The Labute approximate surface area is 97.5 Å². The fourth-order valence-corrected chi connectivity index (χ4v) is 1.58. The van der Waals surface area contributed by atoms with E-state index < -0.39 is 5.97 Å². The van der Waals surface area contributed by atoms with E-state index in [1.807, 2.05) is 30.3 Å². The summed E-state index contributed by atoms with van der Waals surface area (Å²) < 4.78 is 1.44. The number of carboxylic acids is 1. The minimum Gasteiger partial charge on any atom is -0.481 e. The van der Waals surface area contributed by atoms with Gasteiger partial charge in [0.05, 0.1) is 12.1 Å². The van der Waals surface area contributed by atoms with Gasteiger partial charge in [0, 0.05) is 5.56 Å². The van der Waals surface area contributed by atoms with E-state index in [2.05, 4.69) is 5.10 Å². The van der Waals surface area contributed by atoms with Gasteiger partial charge in [0.25, 0.3) is 0 Å². The number of hydrogen-bond donors (Lipinski definition) is 3. The Morgan fingerprint density at radius 2 is 1.94 bits per heavy atom. The molecular formula is C11H12N4O2. The molecule has 1 aromatic carbocycles. The number of aliphatic carboxylic acids is 1. The van der Waals surface area contributed by atoms with Crippen molar-refractivity contribution in [2.75, 3.05) is 11.5 Å². The van der Waals surface area contributed by atoms with E-state index in [1.54, 1.807) is 0 Å². The molecule has 0 unspecified atom stereocenters. The molecule has 6 heteroatoms. The Balaban J connectivity index is 2.48. The lowest BCUT2D eigenvalue weighted by Crippen LogP contribution is -2.06. The molecule has 6 nitrogen and oxygen atoms in total. The van der Waals surface area contributed by atoms with Crippen molar-refractivity contribution in [2.24, 2.45) is 0 Å². The van der Waals surface area contributed by atoms with Crippen LogP contribution in [-0.2, 0) is 11.2 Å². The van der Waals surface area contributed by atoms with Crippen LogP contribution in [-0.4, -0.2) is 20.9 Å². The van der Waals surface area contributed by atoms with Crippen molar-refractivity contribution in [3.8, 4) is 5.69 Å². The maximum absolute atomic E-state index is 10.7. The second-order valence-corrected chi connectivity index (χ2v) is 3.57. The molecule has 88 valence electrons. The summed E-state index contributed by atoms with van der Waals surface area (Å²) in [7, 11) is 0. The zero-order valence-corrected chi connectivity index (χ0v) is 9.00. The molecule has 0 spiro atoms. The normalized spacial score (nSPS) is 10.4. The first kappa shape index (κ1) is 11.0. The van der Waals surface area contributed by atoms with E-state index in [1.165, 1.54) is 4.68 Å². The van der Waals surface area contributed by atoms with Crippen molar-refractivity contribution in [2.45, 2.75) is 6.42 Å². The molecule has 1 heterocycles. The SMILES string of the molecule is Nc1nn(-c2ccccc2)c(N)c1CC(=O)O. The van der Waals surface area contributed by atoms with Crippen LogP contribution >= 0.6 is 0 Å². The van der Waals surface area contributed by atoms with E-state index in [9.17, 15) is 4.79 Å². The van der Waals surface area contributed by atoms with Gasteiger partial charge in [0.15, 0.2) is 5.82 Å². The van der Waals surface area contributed by atoms with Crippen molar-refractivity contribution >= 4 is 17.6 Å². The van der Waals surface area contributed by atoms with Crippen molar-refractivity contribution < 1.29 is 9.90 Å². The first-order chi connectivity index (χ1) is 8.09. The molecule has 2 aromatic rings. The number of aromatic nitrogens is 2. The maximum atomic E-state index is 10.7. The monoisotopic (exact) mass is 232 g/mol. The molecular weight excluding hydrogens is 220 g/mol. The third-order valence-electron chi connectivity index (χ3n) is 2.38. The highest BCUT2D eigenvalue weighted by molar-refractivity contribution is 5.75. The number of rotatable bonds is 3. The van der Waals surface area contributed by atoms with E-state index >= 15 is 0 Å². The lowest BCUT2D eigenvalue weighted by atomic mass is 10.2. The number of hydrogen-bond acceptors (Lipinski definition) is 4. The summed E-state index contributed by atoms with van der Waals surface area (Å²) in [5, 5.41) is 12.8. The highest BCUT2D eigenvalue weighted by Gasteiger charge is 2.16. The van der Waals surface area contributed by atoms with Crippen molar-refractivity contribution in [1.82, 2.24) is 9.78 Å². The van der Waals surface area contributed by atoms with Gasteiger partial charge in [-0.05, 0) is 12.1 Å². The van der Waals surface area contributed by atoms with Crippen LogP contribution in [0.15, 0.2) is 30.3 Å². The van der Waals surface area contributed by atoms with Gasteiger partial charge in [-0.1, -0.05) is 18.2 Å². The van der Waals surface area contributed by atoms with Gasteiger partial charge in [0.2, 0.25) is 0 Å². The number of benzene rings is 1. The second kappa shape index (κ2) is 4.17. The third-order valence-corrected chi connectivity index (χ3v) is 2.38. The van der Waals surface area contributed by atoms with Crippen molar-refractivity contribution in [3.05, 3.63) is 35.9 Å². The standard InChI is InChI=1S/C11H12N4O2/c12-10-8(6-9(16)17)11(13)15(14-10)7-4-2-1-3-5-7/h1-5H,6,13H2,(H2,12,14)(H,16,17). The van der Waals surface area contributed by atoms with Crippen LogP contribution in [0.1, 0.15) is 5.56 Å². The number of carbonyl (C=O) groups is 1. The van der Waals surface area contributed by atoms with Gasteiger partial charge in [-0.15, -0.1) is 5.10 Å². The summed E-state index contributed by atoms with van der Waals surface area (Å²) >= 11 is 0. The predicted octanol–water partition coefficient (Wildman–Crippen LogP) is 0.664. The number of nitrogens with two attached hydrogens (primary N) is 2. The average Bonchev–Trinajstić information content (AvgIpc) is 2.58. The molecule has 0 atom stereocenters. The zero-order valence-electron chi connectivity index (χ0n) is 9.00. The fourth-order valence-electron chi connectivity index (χ4n) is 1.58. The summed E-state index contributed by atoms with van der Waals surface area (Å²) in [4.78, 5) is 10.7. The first-order valence-electron chi connectivity index (χ1n) is 4.99. The average molecular weight is 232 g/mol. The molecule has 0 bridgehead atoms. The van der Waals surface area contributed by atoms with E-state index in [0.717, 1.165) is 5.69 Å². The summed E-state index contributed by atoms with van der Waals surface area (Å²) in [5.41, 5.74) is 12.6. The lowest BCUT2D eigenvalue weighted by molar-refractivity contribution is -0.136. The van der Waals surface area contributed by atoms with Crippen molar-refractivity contribution in [1.29, 1.82) is 0 Å². The van der Waals surface area contributed by atoms with Gasteiger partial charge < -0.3 is 16.6 Å². The Kier molecular flexibility index (Phi) is 2.70. The Hall–Kier alpha value is -2.50. The van der Waals surface area contributed by atoms with Crippen LogP contribution in [0, 0.1) is 0 Å². The fraction of sp³-hybridized carbons (Fsp3) is 0.0909. The summed E-state index contributed by atoms with van der Waals surface area (Å²) in [6.45, 7) is 0. The number of nitrogen functional groups attached to an aromatic ring is 2. The molecule has 0 aliphatic rings. The summed E-state index contributed by atoms with van der Waals surface area (Å²) in [6, 6.07) is 9.17. The van der Waals surface area contributed by atoms with Gasteiger partial charge in [-0.3, -0.25) is 4.79 Å². The molecule has 0 aliphatic carbocycles.